The lowest BCUT2D eigenvalue weighted by Crippen LogP contribution is -2.34. The summed E-state index contributed by atoms with van der Waals surface area (Å²) in [6.45, 7) is 11.1. The summed E-state index contributed by atoms with van der Waals surface area (Å²) in [6.07, 6.45) is 6.34. The van der Waals surface area contributed by atoms with Crippen LogP contribution < -0.4 is 0 Å². The molecule has 1 aromatic rings. The Morgan fingerprint density at radius 3 is 2.24 bits per heavy atom. The van der Waals surface area contributed by atoms with Crippen molar-refractivity contribution >= 4 is 13.6 Å². The number of esters is 1. The second kappa shape index (κ2) is 12.5. The van der Waals surface area contributed by atoms with E-state index in [1.807, 2.05) is 0 Å². The van der Waals surface area contributed by atoms with Crippen LogP contribution in [0.4, 0.5) is 0 Å². The lowest BCUT2D eigenvalue weighted by molar-refractivity contribution is -0.154. The lowest BCUT2D eigenvalue weighted by Gasteiger charge is -2.27. The lowest BCUT2D eigenvalue weighted by atomic mass is 10.1. The van der Waals surface area contributed by atoms with Crippen molar-refractivity contribution in [1.82, 2.24) is 10.1 Å². The van der Waals surface area contributed by atoms with Crippen molar-refractivity contribution in [2.45, 2.75) is 97.7 Å². The molecule has 0 radical (unpaired) electrons. The summed E-state index contributed by atoms with van der Waals surface area (Å²) in [5.41, 5.74) is -1.91. The van der Waals surface area contributed by atoms with E-state index in [0.717, 1.165) is 12.8 Å². The number of carbonyl (C=O) groups excluding carboxylic acids is 1. The first-order chi connectivity index (χ1) is 13.6. The smallest absolute Gasteiger partial charge is 0.345 e. The quantitative estimate of drug-likeness (QED) is 0.227. The molecule has 0 bridgehead atoms. The van der Waals surface area contributed by atoms with Crippen LogP contribution in [-0.4, -0.2) is 40.6 Å². The summed E-state index contributed by atoms with van der Waals surface area (Å²) in [4.78, 5) is 17.2. The third-order valence-corrected chi connectivity index (χ3v) is 6.45. The standard InChI is InChI=1S/C20H37N2O6P/c1-7-10-11-12-13-14-17-21-18(28-22-17)15-16(19(23)27-20(4,5)6)29(24,25-8-2)26-9-3/h16H,7-15H2,1-6H3. The van der Waals surface area contributed by atoms with E-state index in [-0.39, 0.29) is 25.5 Å². The molecule has 0 saturated heterocycles. The van der Waals surface area contributed by atoms with E-state index >= 15 is 0 Å². The van der Waals surface area contributed by atoms with Gasteiger partial charge in [0.2, 0.25) is 5.89 Å². The molecule has 0 saturated carbocycles. The molecule has 1 aromatic heterocycles. The largest absolute Gasteiger partial charge is 0.459 e. The zero-order valence-electron chi connectivity index (χ0n) is 18.7. The van der Waals surface area contributed by atoms with Gasteiger partial charge in [0.25, 0.3) is 0 Å². The number of hydrogen-bond acceptors (Lipinski definition) is 8. The highest BCUT2D eigenvalue weighted by Gasteiger charge is 2.44. The minimum absolute atomic E-state index is 0.0605. The van der Waals surface area contributed by atoms with Gasteiger partial charge >= 0.3 is 13.6 Å². The van der Waals surface area contributed by atoms with Crippen LogP contribution in [0.15, 0.2) is 4.52 Å². The van der Waals surface area contributed by atoms with Crippen molar-refractivity contribution in [2.24, 2.45) is 0 Å². The van der Waals surface area contributed by atoms with Crippen LogP contribution in [0.2, 0.25) is 0 Å². The number of nitrogens with zero attached hydrogens (tertiary/aromatic N) is 2. The molecule has 1 rings (SSSR count). The molecule has 1 atom stereocenters. The number of rotatable bonds is 14. The summed E-state index contributed by atoms with van der Waals surface area (Å²) in [6, 6.07) is 0. The average molecular weight is 432 g/mol. The molecule has 9 heteroatoms. The Bertz CT molecular complexity index is 646. The molecule has 8 nitrogen and oxygen atoms in total. The van der Waals surface area contributed by atoms with Crippen molar-refractivity contribution in [1.29, 1.82) is 0 Å². The van der Waals surface area contributed by atoms with E-state index in [1.54, 1.807) is 34.6 Å². The van der Waals surface area contributed by atoms with Crippen molar-refractivity contribution in [3.63, 3.8) is 0 Å². The van der Waals surface area contributed by atoms with Crippen molar-refractivity contribution in [3.05, 3.63) is 11.7 Å². The average Bonchev–Trinajstić information content (AvgIpc) is 3.06. The van der Waals surface area contributed by atoms with E-state index in [9.17, 15) is 9.36 Å². The molecule has 0 aliphatic heterocycles. The Kier molecular flexibility index (Phi) is 11.1. The van der Waals surface area contributed by atoms with E-state index in [1.165, 1.54) is 19.3 Å². The first-order valence-corrected chi connectivity index (χ1v) is 12.2. The van der Waals surface area contributed by atoms with E-state index in [4.69, 9.17) is 18.3 Å². The predicted molar refractivity (Wildman–Crippen MR) is 111 cm³/mol. The van der Waals surface area contributed by atoms with Crippen LogP contribution >= 0.6 is 7.60 Å². The Morgan fingerprint density at radius 1 is 1.07 bits per heavy atom. The Balaban J connectivity index is 2.91. The van der Waals surface area contributed by atoms with E-state index < -0.39 is 24.8 Å². The third-order valence-electron chi connectivity index (χ3n) is 4.06. The molecule has 168 valence electrons. The SMILES string of the molecule is CCCCCCCc1noc(CC(C(=O)OC(C)(C)C)P(=O)(OCC)OCC)n1. The van der Waals surface area contributed by atoms with Gasteiger partial charge in [0.1, 0.15) is 5.60 Å². The number of aryl methyl sites for hydroxylation is 1. The zero-order valence-corrected chi connectivity index (χ0v) is 19.6. The van der Waals surface area contributed by atoms with Gasteiger partial charge in [-0.15, -0.1) is 0 Å². The first-order valence-electron chi connectivity index (χ1n) is 10.6. The molecule has 1 heterocycles. The Morgan fingerprint density at radius 2 is 1.69 bits per heavy atom. The van der Waals surface area contributed by atoms with Crippen molar-refractivity contribution in [3.8, 4) is 0 Å². The van der Waals surface area contributed by atoms with Gasteiger partial charge in [-0.25, -0.2) is 0 Å². The van der Waals surface area contributed by atoms with Gasteiger partial charge in [-0.3, -0.25) is 9.36 Å². The number of carbonyl (C=O) groups is 1. The summed E-state index contributed by atoms with van der Waals surface area (Å²) in [7, 11) is -3.76. The Hall–Kier alpha value is -1.24. The second-order valence-electron chi connectivity index (χ2n) is 7.90. The highest BCUT2D eigenvalue weighted by molar-refractivity contribution is 7.55. The summed E-state index contributed by atoms with van der Waals surface area (Å²) >= 11 is 0. The van der Waals surface area contributed by atoms with Crippen LogP contribution in [0.3, 0.4) is 0 Å². The molecule has 0 spiro atoms. The molecule has 0 N–H and O–H groups in total. The zero-order chi connectivity index (χ0) is 21.9. The topological polar surface area (TPSA) is 101 Å². The fourth-order valence-corrected chi connectivity index (χ4v) is 4.64. The number of unbranched alkanes of at least 4 members (excludes halogenated alkanes) is 4. The molecule has 0 aliphatic rings. The number of aromatic nitrogens is 2. The third kappa shape index (κ3) is 9.41. The van der Waals surface area contributed by atoms with Crippen molar-refractivity contribution in [2.75, 3.05) is 13.2 Å². The maximum atomic E-state index is 13.3. The van der Waals surface area contributed by atoms with Gasteiger partial charge in [0.05, 0.1) is 19.6 Å². The molecule has 0 aromatic carbocycles. The molecular formula is C20H37N2O6P. The van der Waals surface area contributed by atoms with Crippen LogP contribution in [-0.2, 0) is 36.0 Å². The van der Waals surface area contributed by atoms with Gasteiger partial charge < -0.3 is 18.3 Å². The summed E-state index contributed by atoms with van der Waals surface area (Å²) in [5, 5.41) is 3.99. The second-order valence-corrected chi connectivity index (χ2v) is 10.1. The van der Waals surface area contributed by atoms with Gasteiger partial charge in [0.15, 0.2) is 11.5 Å². The van der Waals surface area contributed by atoms with Crippen LogP contribution in [0.25, 0.3) is 0 Å². The van der Waals surface area contributed by atoms with Gasteiger partial charge in [0, 0.05) is 6.42 Å². The van der Waals surface area contributed by atoms with E-state index in [0.29, 0.717) is 12.2 Å². The molecule has 29 heavy (non-hydrogen) atoms. The molecule has 0 aliphatic carbocycles. The number of hydrogen-bond donors (Lipinski definition) is 0. The van der Waals surface area contributed by atoms with E-state index in [2.05, 4.69) is 17.1 Å². The first kappa shape index (κ1) is 25.8. The van der Waals surface area contributed by atoms with Gasteiger partial charge in [-0.05, 0) is 41.0 Å². The maximum absolute atomic E-state index is 13.3. The van der Waals surface area contributed by atoms with Crippen LogP contribution in [0.5, 0.6) is 0 Å². The monoisotopic (exact) mass is 432 g/mol. The maximum Gasteiger partial charge on any atom is 0.345 e. The van der Waals surface area contributed by atoms with Gasteiger partial charge in [-0.1, -0.05) is 37.8 Å². The normalized spacial score (nSPS) is 13.4. The number of ether oxygens (including phenoxy) is 1. The highest BCUT2D eigenvalue weighted by atomic mass is 31.2. The Labute approximate surface area is 174 Å². The summed E-state index contributed by atoms with van der Waals surface area (Å²) in [5.74, 6) is 0.146. The molecular weight excluding hydrogens is 395 g/mol. The summed E-state index contributed by atoms with van der Waals surface area (Å²) < 4.78 is 34.8. The molecule has 0 fully saturated rings. The molecule has 0 amide bonds. The minimum atomic E-state index is -3.76. The van der Waals surface area contributed by atoms with Crippen molar-refractivity contribution < 1.29 is 27.7 Å². The van der Waals surface area contributed by atoms with Crippen LogP contribution in [0.1, 0.15) is 85.4 Å². The highest BCUT2D eigenvalue weighted by Crippen LogP contribution is 2.54. The van der Waals surface area contributed by atoms with Crippen LogP contribution in [0, 0.1) is 0 Å². The minimum Gasteiger partial charge on any atom is -0.459 e. The molecule has 1 unspecified atom stereocenters. The predicted octanol–water partition coefficient (Wildman–Crippen LogP) is 5.10. The fraction of sp³-hybridized carbons (Fsp3) is 0.850. The fourth-order valence-electron chi connectivity index (χ4n) is 2.80. The van der Waals surface area contributed by atoms with Gasteiger partial charge in [-0.2, -0.15) is 4.98 Å².